The summed E-state index contributed by atoms with van der Waals surface area (Å²) in [5.74, 6) is -0.205. The smallest absolute Gasteiger partial charge is 0.352 e. The van der Waals surface area contributed by atoms with E-state index in [4.69, 9.17) is 0 Å². The molecule has 0 aromatic heterocycles. The Morgan fingerprint density at radius 2 is 1.89 bits per heavy atom. The minimum atomic E-state index is -4.17. The number of hydrogen-bond acceptors (Lipinski definition) is 2. The zero-order valence-corrected chi connectivity index (χ0v) is 10.6. The van der Waals surface area contributed by atoms with E-state index >= 15 is 0 Å². The van der Waals surface area contributed by atoms with Crippen molar-refractivity contribution in [2.75, 3.05) is 6.54 Å². The molecule has 0 radical (unpaired) electrons. The van der Waals surface area contributed by atoms with Crippen molar-refractivity contribution in [2.24, 2.45) is 0 Å². The van der Waals surface area contributed by atoms with Gasteiger partial charge in [-0.05, 0) is 19.8 Å². The van der Waals surface area contributed by atoms with Crippen LogP contribution in [0.4, 0.5) is 13.2 Å². The largest absolute Gasteiger partial charge is 0.390 e. The molecule has 0 aliphatic heterocycles. The Bertz CT molecular complexity index is 263. The van der Waals surface area contributed by atoms with Crippen LogP contribution in [-0.4, -0.2) is 30.7 Å². The fourth-order valence-electron chi connectivity index (χ4n) is 2.10. The van der Waals surface area contributed by atoms with E-state index in [1.54, 1.807) is 6.92 Å². The first-order valence-corrected chi connectivity index (χ1v) is 6.49. The molecule has 1 aliphatic carbocycles. The maximum absolute atomic E-state index is 11.9. The summed E-state index contributed by atoms with van der Waals surface area (Å²) in [6.45, 7) is 1.37. The van der Waals surface area contributed by atoms with Gasteiger partial charge in [0.2, 0.25) is 5.91 Å². The van der Waals surface area contributed by atoms with Gasteiger partial charge < -0.3 is 10.6 Å². The average molecular weight is 266 g/mol. The summed E-state index contributed by atoms with van der Waals surface area (Å²) < 4.78 is 35.8. The van der Waals surface area contributed by atoms with E-state index in [0.29, 0.717) is 0 Å². The Balaban J connectivity index is 2.19. The molecule has 1 amide bonds. The fraction of sp³-hybridized carbons (Fsp3) is 0.917. The molecule has 0 spiro atoms. The Kier molecular flexibility index (Phi) is 5.91. The highest BCUT2D eigenvalue weighted by Gasteiger charge is 2.27. The highest BCUT2D eigenvalue weighted by atomic mass is 19.4. The Hall–Kier alpha value is -0.780. The van der Waals surface area contributed by atoms with Gasteiger partial charge >= 0.3 is 6.18 Å². The lowest BCUT2D eigenvalue weighted by Gasteiger charge is -2.24. The van der Waals surface area contributed by atoms with Crippen molar-refractivity contribution in [1.29, 1.82) is 0 Å². The maximum Gasteiger partial charge on any atom is 0.390 e. The second kappa shape index (κ2) is 6.97. The first-order chi connectivity index (χ1) is 8.38. The van der Waals surface area contributed by atoms with Gasteiger partial charge in [-0.15, -0.1) is 0 Å². The number of nitrogens with one attached hydrogen (secondary N) is 2. The second-order valence-electron chi connectivity index (χ2n) is 4.88. The molecule has 1 unspecified atom stereocenters. The van der Waals surface area contributed by atoms with Crippen LogP contribution in [0.25, 0.3) is 0 Å². The second-order valence-corrected chi connectivity index (χ2v) is 4.88. The van der Waals surface area contributed by atoms with Crippen LogP contribution in [0.3, 0.4) is 0 Å². The third-order valence-electron chi connectivity index (χ3n) is 3.20. The van der Waals surface area contributed by atoms with Crippen molar-refractivity contribution in [3.63, 3.8) is 0 Å². The molecule has 2 N–H and O–H groups in total. The van der Waals surface area contributed by atoms with Gasteiger partial charge in [-0.2, -0.15) is 13.2 Å². The minimum absolute atomic E-state index is 0.193. The normalized spacial score (nSPS) is 19.6. The molecule has 3 nitrogen and oxygen atoms in total. The van der Waals surface area contributed by atoms with Gasteiger partial charge in [0.15, 0.2) is 0 Å². The predicted molar refractivity (Wildman–Crippen MR) is 63.2 cm³/mol. The van der Waals surface area contributed by atoms with E-state index in [-0.39, 0.29) is 18.5 Å². The lowest BCUT2D eigenvalue weighted by Crippen LogP contribution is -2.47. The van der Waals surface area contributed by atoms with E-state index in [1.807, 2.05) is 0 Å². The lowest BCUT2D eigenvalue weighted by molar-refractivity contribution is -0.135. The minimum Gasteiger partial charge on any atom is -0.352 e. The SMILES string of the molecule is CC(NCCC(F)(F)F)C(=O)NC1CCCCC1. The molecular weight excluding hydrogens is 245 g/mol. The van der Waals surface area contributed by atoms with Crippen LogP contribution in [-0.2, 0) is 4.79 Å². The Morgan fingerprint density at radius 1 is 1.28 bits per heavy atom. The molecule has 1 rings (SSSR count). The molecule has 106 valence electrons. The monoisotopic (exact) mass is 266 g/mol. The Morgan fingerprint density at radius 3 is 2.44 bits per heavy atom. The number of carbonyl (C=O) groups excluding carboxylic acids is 1. The quantitative estimate of drug-likeness (QED) is 0.802. The molecule has 0 aromatic carbocycles. The van der Waals surface area contributed by atoms with Gasteiger partial charge in [-0.3, -0.25) is 4.79 Å². The van der Waals surface area contributed by atoms with Crippen molar-refractivity contribution in [1.82, 2.24) is 10.6 Å². The predicted octanol–water partition coefficient (Wildman–Crippen LogP) is 2.37. The maximum atomic E-state index is 11.9. The number of rotatable bonds is 5. The number of hydrogen-bond donors (Lipinski definition) is 2. The summed E-state index contributed by atoms with van der Waals surface area (Å²) in [4.78, 5) is 11.7. The van der Waals surface area contributed by atoms with E-state index < -0.39 is 18.6 Å². The van der Waals surface area contributed by atoms with E-state index in [9.17, 15) is 18.0 Å². The van der Waals surface area contributed by atoms with Crippen LogP contribution >= 0.6 is 0 Å². The Labute approximate surface area is 106 Å². The molecule has 0 heterocycles. The first-order valence-electron chi connectivity index (χ1n) is 6.49. The summed E-state index contributed by atoms with van der Waals surface area (Å²) in [5.41, 5.74) is 0. The van der Waals surface area contributed by atoms with Gasteiger partial charge in [0, 0.05) is 12.6 Å². The molecule has 1 saturated carbocycles. The highest BCUT2D eigenvalue weighted by Crippen LogP contribution is 2.19. The molecule has 6 heteroatoms. The topological polar surface area (TPSA) is 41.1 Å². The molecule has 0 saturated heterocycles. The molecular formula is C12H21F3N2O. The molecule has 0 aromatic rings. The lowest BCUT2D eigenvalue weighted by atomic mass is 9.95. The molecule has 1 fully saturated rings. The van der Waals surface area contributed by atoms with Crippen LogP contribution < -0.4 is 10.6 Å². The summed E-state index contributed by atoms with van der Waals surface area (Å²) in [6, 6.07) is -0.382. The van der Waals surface area contributed by atoms with Crippen LogP contribution in [0.2, 0.25) is 0 Å². The van der Waals surface area contributed by atoms with Gasteiger partial charge in [-0.1, -0.05) is 19.3 Å². The number of amides is 1. The summed E-state index contributed by atoms with van der Waals surface area (Å²) in [7, 11) is 0. The standard InChI is InChI=1S/C12H21F3N2O/c1-9(16-8-7-12(13,14)15)11(18)17-10-5-3-2-4-6-10/h9-10,16H,2-8H2,1H3,(H,17,18). The van der Waals surface area contributed by atoms with Gasteiger partial charge in [0.05, 0.1) is 12.5 Å². The molecule has 1 aliphatic rings. The van der Waals surface area contributed by atoms with Crippen LogP contribution in [0, 0.1) is 0 Å². The third kappa shape index (κ3) is 6.23. The van der Waals surface area contributed by atoms with Gasteiger partial charge in [-0.25, -0.2) is 0 Å². The van der Waals surface area contributed by atoms with E-state index in [2.05, 4.69) is 10.6 Å². The summed E-state index contributed by atoms with van der Waals surface area (Å²) in [5, 5.41) is 5.48. The fourth-order valence-corrected chi connectivity index (χ4v) is 2.10. The van der Waals surface area contributed by atoms with Crippen molar-refractivity contribution in [2.45, 2.75) is 63.7 Å². The molecule has 0 bridgehead atoms. The van der Waals surface area contributed by atoms with Crippen molar-refractivity contribution in [3.05, 3.63) is 0 Å². The van der Waals surface area contributed by atoms with Crippen molar-refractivity contribution >= 4 is 5.91 Å². The zero-order chi connectivity index (χ0) is 13.6. The van der Waals surface area contributed by atoms with Crippen LogP contribution in [0.5, 0.6) is 0 Å². The first kappa shape index (κ1) is 15.3. The van der Waals surface area contributed by atoms with E-state index in [1.165, 1.54) is 6.42 Å². The van der Waals surface area contributed by atoms with Gasteiger partial charge in [0.1, 0.15) is 0 Å². The highest BCUT2D eigenvalue weighted by molar-refractivity contribution is 5.81. The summed E-state index contributed by atoms with van der Waals surface area (Å²) in [6.07, 6.45) is 0.288. The van der Waals surface area contributed by atoms with Crippen LogP contribution in [0.1, 0.15) is 45.4 Å². The molecule has 18 heavy (non-hydrogen) atoms. The van der Waals surface area contributed by atoms with Crippen molar-refractivity contribution in [3.8, 4) is 0 Å². The zero-order valence-electron chi connectivity index (χ0n) is 10.6. The van der Waals surface area contributed by atoms with Gasteiger partial charge in [0.25, 0.3) is 0 Å². The van der Waals surface area contributed by atoms with Crippen molar-refractivity contribution < 1.29 is 18.0 Å². The summed E-state index contributed by atoms with van der Waals surface area (Å²) >= 11 is 0. The number of carbonyl (C=O) groups is 1. The number of alkyl halides is 3. The molecule has 1 atom stereocenters. The third-order valence-corrected chi connectivity index (χ3v) is 3.20. The van der Waals surface area contributed by atoms with E-state index in [0.717, 1.165) is 25.7 Å². The van der Waals surface area contributed by atoms with Crippen LogP contribution in [0.15, 0.2) is 0 Å². The average Bonchev–Trinajstić information content (AvgIpc) is 2.28. The number of halogens is 3.